The molecular weight excluding hydrogens is 410 g/mol. The Morgan fingerprint density at radius 1 is 1.23 bits per heavy atom. The van der Waals surface area contributed by atoms with Crippen molar-refractivity contribution in [1.29, 1.82) is 0 Å². The lowest BCUT2D eigenvalue weighted by Gasteiger charge is -2.06. The third kappa shape index (κ3) is 5.24. The van der Waals surface area contributed by atoms with E-state index in [2.05, 4.69) is 10.5 Å². The Bertz CT molecular complexity index is 1120. The van der Waals surface area contributed by atoms with Crippen LogP contribution < -0.4 is 10.2 Å². The Kier molecular flexibility index (Phi) is 6.48. The molecule has 0 fully saturated rings. The van der Waals surface area contributed by atoms with Crippen LogP contribution in [0.2, 0.25) is 5.02 Å². The van der Waals surface area contributed by atoms with Gasteiger partial charge < -0.3 is 9.15 Å². The van der Waals surface area contributed by atoms with Crippen LogP contribution in [0.1, 0.15) is 16.9 Å². The van der Waals surface area contributed by atoms with Crippen molar-refractivity contribution >= 4 is 29.4 Å². The zero-order valence-electron chi connectivity index (χ0n) is 16.2. The number of hydrazone groups is 1. The third-order valence-corrected chi connectivity index (χ3v) is 4.54. The summed E-state index contributed by atoms with van der Waals surface area (Å²) in [7, 11) is 0. The van der Waals surface area contributed by atoms with Gasteiger partial charge in [-0.25, -0.2) is 5.43 Å². The van der Waals surface area contributed by atoms with Gasteiger partial charge in [-0.3, -0.25) is 14.9 Å². The maximum absolute atomic E-state index is 11.9. The molecule has 1 heterocycles. The van der Waals surface area contributed by atoms with E-state index in [9.17, 15) is 14.9 Å². The van der Waals surface area contributed by atoms with Gasteiger partial charge in [0.25, 0.3) is 5.91 Å². The number of nitro benzene ring substituents is 1. The van der Waals surface area contributed by atoms with Gasteiger partial charge in [-0.15, -0.1) is 0 Å². The van der Waals surface area contributed by atoms with Crippen molar-refractivity contribution in [3.8, 4) is 17.1 Å². The largest absolute Gasteiger partial charge is 0.477 e. The van der Waals surface area contributed by atoms with Crippen LogP contribution >= 0.6 is 11.6 Å². The van der Waals surface area contributed by atoms with Crippen molar-refractivity contribution < 1.29 is 18.9 Å². The smallest absolute Gasteiger partial charge is 0.311 e. The van der Waals surface area contributed by atoms with E-state index < -0.39 is 17.4 Å². The highest BCUT2D eigenvalue weighted by Gasteiger charge is 2.16. The number of rotatable bonds is 7. The summed E-state index contributed by atoms with van der Waals surface area (Å²) in [5, 5.41) is 15.5. The molecule has 1 amide bonds. The molecule has 9 heteroatoms. The molecule has 0 saturated carbocycles. The molecule has 154 valence electrons. The van der Waals surface area contributed by atoms with Crippen molar-refractivity contribution in [1.82, 2.24) is 5.43 Å². The lowest BCUT2D eigenvalue weighted by molar-refractivity contribution is -0.385. The topological polar surface area (TPSA) is 107 Å². The Labute approximate surface area is 177 Å². The van der Waals surface area contributed by atoms with Gasteiger partial charge in [-0.05, 0) is 49.2 Å². The normalized spacial score (nSPS) is 10.9. The minimum absolute atomic E-state index is 0.0113. The number of aryl methyl sites for hydroxylation is 2. The number of carbonyl (C=O) groups excluding carboxylic acids is 1. The Morgan fingerprint density at radius 2 is 2.03 bits per heavy atom. The quantitative estimate of drug-likeness (QED) is 0.335. The summed E-state index contributed by atoms with van der Waals surface area (Å²) in [6, 6.07) is 13.5. The van der Waals surface area contributed by atoms with Gasteiger partial charge in [0.1, 0.15) is 11.5 Å². The monoisotopic (exact) mass is 427 g/mol. The van der Waals surface area contributed by atoms with Gasteiger partial charge in [0.2, 0.25) is 0 Å². The van der Waals surface area contributed by atoms with E-state index in [0.29, 0.717) is 22.1 Å². The van der Waals surface area contributed by atoms with Crippen LogP contribution in [0, 0.1) is 24.0 Å². The maximum Gasteiger partial charge on any atom is 0.311 e. The average Bonchev–Trinajstić information content (AvgIpc) is 3.18. The summed E-state index contributed by atoms with van der Waals surface area (Å²) < 4.78 is 10.9. The standard InChI is InChI=1S/C21H18ClN3O5/c1-13-3-7-20(18(9-13)25(27)28)29-12-21(26)24-23-11-16-6-8-19(30-16)15-5-4-14(2)17(22)10-15/h3-11H,12H2,1-2H3,(H,24,26)/b23-11-. The molecule has 30 heavy (non-hydrogen) atoms. The minimum atomic E-state index is -0.571. The second kappa shape index (κ2) is 9.23. The van der Waals surface area contributed by atoms with Crippen molar-refractivity contribution in [3.63, 3.8) is 0 Å². The number of furan rings is 1. The number of benzene rings is 2. The lowest BCUT2D eigenvalue weighted by atomic mass is 10.1. The van der Waals surface area contributed by atoms with E-state index in [1.807, 2.05) is 19.1 Å². The summed E-state index contributed by atoms with van der Waals surface area (Å²) in [4.78, 5) is 22.4. The molecular formula is C21H18ClN3O5. The number of nitro groups is 1. The molecule has 0 aliphatic carbocycles. The summed E-state index contributed by atoms with van der Waals surface area (Å²) in [5.74, 6) is 0.479. The number of hydrogen-bond donors (Lipinski definition) is 1. The van der Waals surface area contributed by atoms with Crippen LogP contribution in [-0.4, -0.2) is 23.7 Å². The van der Waals surface area contributed by atoms with Crippen molar-refractivity contribution in [2.75, 3.05) is 6.61 Å². The molecule has 1 aromatic heterocycles. The van der Waals surface area contributed by atoms with Crippen LogP contribution in [0.5, 0.6) is 5.75 Å². The number of hydrogen-bond acceptors (Lipinski definition) is 6. The first kappa shape index (κ1) is 21.1. The number of halogens is 1. The Hall–Kier alpha value is -3.65. The van der Waals surface area contributed by atoms with Gasteiger partial charge in [-0.1, -0.05) is 29.8 Å². The van der Waals surface area contributed by atoms with Gasteiger partial charge >= 0.3 is 5.69 Å². The first-order valence-electron chi connectivity index (χ1n) is 8.89. The first-order chi connectivity index (χ1) is 14.3. The molecule has 3 aromatic rings. The highest BCUT2D eigenvalue weighted by atomic mass is 35.5. The molecule has 0 saturated heterocycles. The molecule has 0 spiro atoms. The third-order valence-electron chi connectivity index (χ3n) is 4.13. The van der Waals surface area contributed by atoms with E-state index in [1.54, 1.807) is 31.2 Å². The van der Waals surface area contributed by atoms with Gasteiger partial charge in [0.05, 0.1) is 11.1 Å². The predicted molar refractivity (Wildman–Crippen MR) is 113 cm³/mol. The second-order valence-corrected chi connectivity index (χ2v) is 6.88. The fourth-order valence-corrected chi connectivity index (χ4v) is 2.74. The molecule has 0 bridgehead atoms. The van der Waals surface area contributed by atoms with Crippen molar-refractivity contribution in [3.05, 3.63) is 80.6 Å². The lowest BCUT2D eigenvalue weighted by Crippen LogP contribution is -2.24. The van der Waals surface area contributed by atoms with Crippen LogP contribution in [-0.2, 0) is 4.79 Å². The maximum atomic E-state index is 11.9. The molecule has 1 N–H and O–H groups in total. The minimum Gasteiger partial charge on any atom is -0.477 e. The van der Waals surface area contributed by atoms with Gasteiger partial charge in [0, 0.05) is 16.7 Å². The van der Waals surface area contributed by atoms with E-state index >= 15 is 0 Å². The Balaban J connectivity index is 1.56. The SMILES string of the molecule is Cc1ccc(OCC(=O)N/N=C\c2ccc(-c3ccc(C)c(Cl)c3)o2)c([N+](=O)[O-])c1. The molecule has 0 aliphatic heterocycles. The van der Waals surface area contributed by atoms with Gasteiger partial charge in [-0.2, -0.15) is 5.10 Å². The van der Waals surface area contributed by atoms with Crippen LogP contribution in [0.3, 0.4) is 0 Å². The summed E-state index contributed by atoms with van der Waals surface area (Å²) in [6.45, 7) is 3.22. The molecule has 0 atom stereocenters. The summed E-state index contributed by atoms with van der Waals surface area (Å²) in [5.41, 5.74) is 4.58. The fraction of sp³-hybridized carbons (Fsp3) is 0.143. The van der Waals surface area contributed by atoms with Crippen LogP contribution in [0.4, 0.5) is 5.69 Å². The summed E-state index contributed by atoms with van der Waals surface area (Å²) >= 11 is 6.13. The van der Waals surface area contributed by atoms with Crippen LogP contribution in [0.15, 0.2) is 58.0 Å². The second-order valence-electron chi connectivity index (χ2n) is 6.48. The van der Waals surface area contributed by atoms with E-state index in [1.165, 1.54) is 18.3 Å². The predicted octanol–water partition coefficient (Wildman–Crippen LogP) is 4.65. The van der Waals surface area contributed by atoms with Crippen LogP contribution in [0.25, 0.3) is 11.3 Å². The fourth-order valence-electron chi connectivity index (χ4n) is 2.56. The van der Waals surface area contributed by atoms with E-state index in [4.69, 9.17) is 20.8 Å². The molecule has 0 radical (unpaired) electrons. The summed E-state index contributed by atoms with van der Waals surface area (Å²) in [6.07, 6.45) is 1.34. The number of nitrogens with zero attached hydrogens (tertiary/aromatic N) is 2. The number of amides is 1. The zero-order valence-corrected chi connectivity index (χ0v) is 17.0. The molecule has 8 nitrogen and oxygen atoms in total. The van der Waals surface area contributed by atoms with E-state index in [-0.39, 0.29) is 11.4 Å². The average molecular weight is 428 g/mol. The zero-order chi connectivity index (χ0) is 21.7. The highest BCUT2D eigenvalue weighted by molar-refractivity contribution is 6.31. The molecule has 3 rings (SSSR count). The van der Waals surface area contributed by atoms with Crippen molar-refractivity contribution in [2.45, 2.75) is 13.8 Å². The van der Waals surface area contributed by atoms with E-state index in [0.717, 1.165) is 11.1 Å². The molecule has 2 aromatic carbocycles. The number of nitrogens with one attached hydrogen (secondary N) is 1. The molecule has 0 aliphatic rings. The van der Waals surface area contributed by atoms with Crippen molar-refractivity contribution in [2.24, 2.45) is 5.10 Å². The Morgan fingerprint density at radius 3 is 2.77 bits per heavy atom. The van der Waals surface area contributed by atoms with Gasteiger partial charge in [0.15, 0.2) is 12.4 Å². The first-order valence-corrected chi connectivity index (χ1v) is 9.27. The number of ether oxygens (including phenoxy) is 1. The number of carbonyl (C=O) groups is 1. The highest BCUT2D eigenvalue weighted by Crippen LogP contribution is 2.28. The molecule has 0 unspecified atom stereocenters.